The largest absolute Gasteiger partial charge is 0.344 e. The highest BCUT2D eigenvalue weighted by atomic mass is 16.2. The predicted octanol–water partition coefficient (Wildman–Crippen LogP) is 1.39. The van der Waals surface area contributed by atoms with Gasteiger partial charge >= 0.3 is 0 Å². The van der Waals surface area contributed by atoms with Gasteiger partial charge in [0.25, 0.3) is 0 Å². The summed E-state index contributed by atoms with van der Waals surface area (Å²) in [4.78, 5) is 13.3. The van der Waals surface area contributed by atoms with E-state index in [0.717, 1.165) is 13.0 Å². The Kier molecular flexibility index (Phi) is 6.21. The van der Waals surface area contributed by atoms with E-state index in [9.17, 15) is 4.79 Å². The lowest BCUT2D eigenvalue weighted by Gasteiger charge is -2.23. The zero-order valence-electron chi connectivity index (χ0n) is 9.49. The van der Waals surface area contributed by atoms with E-state index in [1.807, 2.05) is 0 Å². The molecule has 0 aromatic carbocycles. The van der Waals surface area contributed by atoms with Crippen molar-refractivity contribution in [1.29, 1.82) is 0 Å². The summed E-state index contributed by atoms with van der Waals surface area (Å²) < 4.78 is 0. The third-order valence-electron chi connectivity index (χ3n) is 2.40. The summed E-state index contributed by atoms with van der Waals surface area (Å²) in [6.07, 6.45) is 3.30. The van der Waals surface area contributed by atoms with Crippen LogP contribution in [0.1, 0.15) is 26.7 Å². The molecule has 0 aliphatic rings. The molecule has 0 radical (unpaired) electrons. The van der Waals surface area contributed by atoms with E-state index in [4.69, 9.17) is 5.73 Å². The van der Waals surface area contributed by atoms with Crippen LogP contribution >= 0.6 is 0 Å². The quantitative estimate of drug-likeness (QED) is 0.656. The van der Waals surface area contributed by atoms with Crippen molar-refractivity contribution in [3.63, 3.8) is 0 Å². The molecule has 3 nitrogen and oxygen atoms in total. The topological polar surface area (TPSA) is 46.3 Å². The molecule has 0 spiro atoms. The SMILES string of the molecule is C=CCC(N)C(=O)N(C)CC(C)CC. The van der Waals surface area contributed by atoms with Gasteiger partial charge in [0.15, 0.2) is 0 Å². The van der Waals surface area contributed by atoms with E-state index in [1.54, 1.807) is 18.0 Å². The smallest absolute Gasteiger partial charge is 0.239 e. The predicted molar refractivity (Wildman–Crippen MR) is 59.9 cm³/mol. The standard InChI is InChI=1S/C11H22N2O/c1-5-7-10(12)11(14)13(4)8-9(3)6-2/h5,9-10H,1,6-8,12H2,2-4H3. The molecule has 0 heterocycles. The molecule has 82 valence electrons. The zero-order chi connectivity index (χ0) is 11.1. The molecule has 0 bridgehead atoms. The molecule has 0 aliphatic carbocycles. The first-order chi connectivity index (χ1) is 6.52. The average molecular weight is 198 g/mol. The van der Waals surface area contributed by atoms with Crippen LogP contribution in [0.25, 0.3) is 0 Å². The van der Waals surface area contributed by atoms with Gasteiger partial charge in [0.2, 0.25) is 5.91 Å². The zero-order valence-corrected chi connectivity index (χ0v) is 9.49. The fourth-order valence-electron chi connectivity index (χ4n) is 1.25. The van der Waals surface area contributed by atoms with Crippen LogP contribution in [-0.4, -0.2) is 30.4 Å². The van der Waals surface area contributed by atoms with Crippen molar-refractivity contribution in [2.75, 3.05) is 13.6 Å². The molecule has 2 atom stereocenters. The van der Waals surface area contributed by atoms with E-state index >= 15 is 0 Å². The second kappa shape index (κ2) is 6.60. The summed E-state index contributed by atoms with van der Waals surface area (Å²) in [5.41, 5.74) is 5.68. The molecular formula is C11H22N2O. The van der Waals surface area contributed by atoms with Crippen molar-refractivity contribution in [2.45, 2.75) is 32.7 Å². The van der Waals surface area contributed by atoms with Crippen LogP contribution in [0.4, 0.5) is 0 Å². The molecule has 0 aliphatic heterocycles. The first-order valence-electron chi connectivity index (χ1n) is 5.14. The third-order valence-corrected chi connectivity index (χ3v) is 2.40. The second-order valence-electron chi connectivity index (χ2n) is 3.86. The summed E-state index contributed by atoms with van der Waals surface area (Å²) in [6.45, 7) is 8.59. The lowest BCUT2D eigenvalue weighted by Crippen LogP contribution is -2.43. The van der Waals surface area contributed by atoms with Crippen molar-refractivity contribution in [3.8, 4) is 0 Å². The van der Waals surface area contributed by atoms with E-state index in [0.29, 0.717) is 12.3 Å². The van der Waals surface area contributed by atoms with E-state index in [2.05, 4.69) is 20.4 Å². The first-order valence-corrected chi connectivity index (χ1v) is 5.14. The molecule has 2 unspecified atom stereocenters. The molecule has 0 saturated heterocycles. The molecular weight excluding hydrogens is 176 g/mol. The van der Waals surface area contributed by atoms with Gasteiger partial charge in [0.1, 0.15) is 0 Å². The van der Waals surface area contributed by atoms with Gasteiger partial charge < -0.3 is 10.6 Å². The molecule has 0 rings (SSSR count). The average Bonchev–Trinajstić information content (AvgIpc) is 2.16. The van der Waals surface area contributed by atoms with Crippen molar-refractivity contribution >= 4 is 5.91 Å². The van der Waals surface area contributed by atoms with Crippen LogP contribution in [0.3, 0.4) is 0 Å². The number of hydrogen-bond donors (Lipinski definition) is 1. The molecule has 0 fully saturated rings. The summed E-state index contributed by atoms with van der Waals surface area (Å²) in [5.74, 6) is 0.532. The Labute approximate surface area is 87.0 Å². The van der Waals surface area contributed by atoms with E-state index in [-0.39, 0.29) is 5.91 Å². The lowest BCUT2D eigenvalue weighted by molar-refractivity contribution is -0.131. The lowest BCUT2D eigenvalue weighted by atomic mass is 10.1. The minimum Gasteiger partial charge on any atom is -0.344 e. The summed E-state index contributed by atoms with van der Waals surface area (Å²) in [5, 5.41) is 0. The summed E-state index contributed by atoms with van der Waals surface area (Å²) in [6, 6.07) is -0.429. The first kappa shape index (κ1) is 13.2. The molecule has 14 heavy (non-hydrogen) atoms. The normalized spacial score (nSPS) is 14.6. The van der Waals surface area contributed by atoms with Gasteiger partial charge in [-0.25, -0.2) is 0 Å². The molecule has 1 amide bonds. The molecule has 0 aromatic rings. The van der Waals surface area contributed by atoms with Crippen molar-refractivity contribution in [2.24, 2.45) is 11.7 Å². The van der Waals surface area contributed by atoms with Crippen molar-refractivity contribution in [3.05, 3.63) is 12.7 Å². The van der Waals surface area contributed by atoms with E-state index in [1.165, 1.54) is 0 Å². The van der Waals surface area contributed by atoms with Crippen LogP contribution in [0, 0.1) is 5.92 Å². The highest BCUT2D eigenvalue weighted by Gasteiger charge is 2.17. The van der Waals surface area contributed by atoms with Gasteiger partial charge in [-0.3, -0.25) is 4.79 Å². The maximum atomic E-state index is 11.6. The fraction of sp³-hybridized carbons (Fsp3) is 0.727. The summed E-state index contributed by atoms with van der Waals surface area (Å²) in [7, 11) is 1.80. The number of nitrogens with zero attached hydrogens (tertiary/aromatic N) is 1. The van der Waals surface area contributed by atoms with Gasteiger partial charge in [-0.15, -0.1) is 6.58 Å². The van der Waals surface area contributed by atoms with E-state index < -0.39 is 6.04 Å². The Bertz CT molecular complexity index is 192. The highest BCUT2D eigenvalue weighted by Crippen LogP contribution is 2.04. The fourth-order valence-corrected chi connectivity index (χ4v) is 1.25. The Morgan fingerprint density at radius 2 is 2.21 bits per heavy atom. The number of rotatable bonds is 6. The second-order valence-corrected chi connectivity index (χ2v) is 3.86. The number of likely N-dealkylation sites (N-methyl/N-ethyl adjacent to an activating group) is 1. The number of carbonyl (C=O) groups is 1. The maximum absolute atomic E-state index is 11.6. The van der Waals surface area contributed by atoms with Crippen LogP contribution in [0.15, 0.2) is 12.7 Å². The van der Waals surface area contributed by atoms with Crippen LogP contribution in [0.5, 0.6) is 0 Å². The minimum absolute atomic E-state index is 0.00481. The molecule has 0 aromatic heterocycles. The molecule has 3 heteroatoms. The Morgan fingerprint density at radius 1 is 1.64 bits per heavy atom. The number of hydrogen-bond acceptors (Lipinski definition) is 2. The summed E-state index contributed by atoms with van der Waals surface area (Å²) >= 11 is 0. The van der Waals surface area contributed by atoms with Crippen molar-refractivity contribution in [1.82, 2.24) is 4.90 Å². The maximum Gasteiger partial charge on any atom is 0.239 e. The van der Waals surface area contributed by atoms with Gasteiger partial charge in [-0.1, -0.05) is 26.3 Å². The third kappa shape index (κ3) is 4.42. The highest BCUT2D eigenvalue weighted by molar-refractivity contribution is 5.81. The number of nitrogens with two attached hydrogens (primary N) is 1. The number of amides is 1. The minimum atomic E-state index is -0.429. The molecule has 2 N–H and O–H groups in total. The van der Waals surface area contributed by atoms with Crippen LogP contribution < -0.4 is 5.73 Å². The van der Waals surface area contributed by atoms with Crippen molar-refractivity contribution < 1.29 is 4.79 Å². The van der Waals surface area contributed by atoms with Gasteiger partial charge in [-0.05, 0) is 12.3 Å². The Balaban J connectivity index is 4.03. The Morgan fingerprint density at radius 3 is 2.64 bits per heavy atom. The Hall–Kier alpha value is -0.830. The van der Waals surface area contributed by atoms with Gasteiger partial charge in [0, 0.05) is 13.6 Å². The molecule has 0 saturated carbocycles. The van der Waals surface area contributed by atoms with Crippen LogP contribution in [-0.2, 0) is 4.79 Å². The van der Waals surface area contributed by atoms with Gasteiger partial charge in [-0.2, -0.15) is 0 Å². The van der Waals surface area contributed by atoms with Crippen LogP contribution in [0.2, 0.25) is 0 Å². The monoisotopic (exact) mass is 198 g/mol. The number of carbonyl (C=O) groups excluding carboxylic acids is 1. The van der Waals surface area contributed by atoms with Gasteiger partial charge in [0.05, 0.1) is 6.04 Å².